The van der Waals surface area contributed by atoms with Crippen molar-refractivity contribution in [2.24, 2.45) is 0 Å². The normalized spacial score (nSPS) is 12.2. The molecule has 0 unspecified atom stereocenters. The van der Waals surface area contributed by atoms with Crippen LogP contribution >= 0.6 is 7.14 Å². The van der Waals surface area contributed by atoms with Gasteiger partial charge in [0.2, 0.25) is 7.14 Å². The summed E-state index contributed by atoms with van der Waals surface area (Å²) in [6.45, 7) is 0. The Hall–Kier alpha value is -4.79. The quantitative estimate of drug-likeness (QED) is 0.179. The minimum absolute atomic E-state index is 0.525. The summed E-state index contributed by atoms with van der Waals surface area (Å²) in [6, 6.07) is 38.2. The lowest BCUT2D eigenvalue weighted by atomic mass is 9.93. The summed E-state index contributed by atoms with van der Waals surface area (Å²) in [7, 11) is -3.32. The average Bonchev–Trinajstić information content (AvgIpc) is 3.38. The van der Waals surface area contributed by atoms with Crippen LogP contribution in [0.3, 0.4) is 0 Å². The van der Waals surface area contributed by atoms with Crippen LogP contribution in [-0.2, 0) is 4.57 Å². The van der Waals surface area contributed by atoms with Gasteiger partial charge in [-0.05, 0) is 80.8 Å². The molecule has 0 atom stereocenters. The summed E-state index contributed by atoms with van der Waals surface area (Å²) in [6.07, 6.45) is 3.38. The summed E-state index contributed by atoms with van der Waals surface area (Å²) in [5.74, 6) is 0. The number of fused-ring (bicyclic) bond motifs is 9. The van der Waals surface area contributed by atoms with Crippen molar-refractivity contribution in [1.82, 2.24) is 9.97 Å². The molecule has 0 amide bonds. The molecule has 0 aliphatic heterocycles. The van der Waals surface area contributed by atoms with E-state index in [0.29, 0.717) is 16.2 Å². The first-order valence-electron chi connectivity index (χ1n) is 12.9. The molecule has 0 bridgehead atoms. The molecule has 0 aliphatic carbocycles. The number of hydrogen-bond acceptors (Lipinski definition) is 4. The van der Waals surface area contributed by atoms with Gasteiger partial charge in [-0.2, -0.15) is 0 Å². The molecule has 8 aromatic rings. The predicted octanol–water partition coefficient (Wildman–Crippen LogP) is 7.48. The second-order valence-corrected chi connectivity index (χ2v) is 12.4. The van der Waals surface area contributed by atoms with Crippen molar-refractivity contribution in [3.63, 3.8) is 0 Å². The minimum Gasteiger partial charge on any atom is -0.456 e. The molecule has 0 aliphatic rings. The predicted molar refractivity (Wildman–Crippen MR) is 161 cm³/mol. The van der Waals surface area contributed by atoms with E-state index >= 15 is 0 Å². The Bertz CT molecular complexity index is 2210. The van der Waals surface area contributed by atoms with Crippen LogP contribution in [0.5, 0.6) is 0 Å². The van der Waals surface area contributed by atoms with E-state index in [1.165, 1.54) is 5.39 Å². The van der Waals surface area contributed by atoms with Crippen molar-refractivity contribution in [1.29, 1.82) is 0 Å². The smallest absolute Gasteiger partial charge is 0.205 e. The standard InChI is InChI=1S/C34H21N2O2P/c37-39(33-13-5-7-17-35-33,34-14-6-8-18-36-34)22-15-16-25-27(19-22)23-9-1-2-10-24(23)28-20-30-26-11-3-4-12-31(26)38-32(30)21-29(25)28/h1-21H. The zero-order valence-corrected chi connectivity index (χ0v) is 21.7. The first-order valence-corrected chi connectivity index (χ1v) is 14.6. The van der Waals surface area contributed by atoms with Crippen molar-refractivity contribution in [3.8, 4) is 0 Å². The molecule has 0 N–H and O–H groups in total. The molecule has 0 radical (unpaired) electrons. The molecular weight excluding hydrogens is 499 g/mol. The maximum absolute atomic E-state index is 15.0. The molecule has 0 saturated heterocycles. The number of para-hydroxylation sites is 1. The number of hydrogen-bond donors (Lipinski definition) is 0. The fourth-order valence-corrected chi connectivity index (χ4v) is 8.23. The third-order valence-electron chi connectivity index (χ3n) is 7.63. The van der Waals surface area contributed by atoms with Crippen LogP contribution in [-0.4, -0.2) is 9.97 Å². The van der Waals surface area contributed by atoms with Crippen LogP contribution in [0.2, 0.25) is 0 Å². The number of rotatable bonds is 3. The van der Waals surface area contributed by atoms with Gasteiger partial charge in [0.05, 0.1) is 0 Å². The summed E-state index contributed by atoms with van der Waals surface area (Å²) in [4.78, 5) is 9.07. The summed E-state index contributed by atoms with van der Waals surface area (Å²) < 4.78 is 21.2. The lowest BCUT2D eigenvalue weighted by molar-refractivity contribution is 0.591. The van der Waals surface area contributed by atoms with Crippen LogP contribution in [0.4, 0.5) is 0 Å². The number of pyridine rings is 2. The Morgan fingerprint density at radius 1 is 0.462 bits per heavy atom. The molecule has 5 heteroatoms. The van der Waals surface area contributed by atoms with Gasteiger partial charge in [-0.1, -0.05) is 66.7 Å². The fraction of sp³-hybridized carbons (Fsp3) is 0. The summed E-state index contributed by atoms with van der Waals surface area (Å²) >= 11 is 0. The molecule has 0 spiro atoms. The van der Waals surface area contributed by atoms with E-state index < -0.39 is 7.14 Å². The van der Waals surface area contributed by atoms with E-state index in [-0.39, 0.29) is 0 Å². The Labute approximate surface area is 223 Å². The van der Waals surface area contributed by atoms with E-state index in [9.17, 15) is 4.57 Å². The van der Waals surface area contributed by atoms with E-state index in [1.54, 1.807) is 12.4 Å². The van der Waals surface area contributed by atoms with Gasteiger partial charge in [0, 0.05) is 28.5 Å². The molecule has 4 nitrogen and oxygen atoms in total. The van der Waals surface area contributed by atoms with Gasteiger partial charge in [-0.3, -0.25) is 9.97 Å². The van der Waals surface area contributed by atoms with Crippen molar-refractivity contribution >= 4 is 77.6 Å². The SMILES string of the molecule is O=P(c1ccc2c(c1)c1ccccc1c1cc3c(cc21)oc1ccccc13)(c1ccccn1)c1ccccn1. The lowest BCUT2D eigenvalue weighted by Crippen LogP contribution is -2.28. The third kappa shape index (κ3) is 3.22. The highest BCUT2D eigenvalue weighted by Gasteiger charge is 2.33. The van der Waals surface area contributed by atoms with E-state index in [4.69, 9.17) is 4.42 Å². The van der Waals surface area contributed by atoms with Crippen LogP contribution < -0.4 is 16.2 Å². The second kappa shape index (κ2) is 8.36. The highest BCUT2D eigenvalue weighted by molar-refractivity contribution is 7.85. The lowest BCUT2D eigenvalue weighted by Gasteiger charge is -2.19. The molecule has 184 valence electrons. The zero-order valence-electron chi connectivity index (χ0n) is 20.8. The van der Waals surface area contributed by atoms with Crippen LogP contribution in [0.25, 0.3) is 54.3 Å². The first kappa shape index (κ1) is 22.2. The number of aromatic nitrogens is 2. The van der Waals surface area contributed by atoms with E-state index in [1.807, 2.05) is 60.7 Å². The average molecular weight is 521 g/mol. The second-order valence-electron chi connectivity index (χ2n) is 9.75. The number of benzene rings is 5. The molecule has 5 aromatic carbocycles. The Kier molecular flexibility index (Phi) is 4.76. The topological polar surface area (TPSA) is 56.0 Å². The maximum Gasteiger partial charge on any atom is 0.205 e. The Morgan fingerprint density at radius 3 is 1.69 bits per heavy atom. The van der Waals surface area contributed by atoms with Crippen LogP contribution in [0, 0.1) is 0 Å². The van der Waals surface area contributed by atoms with Crippen LogP contribution in [0.15, 0.2) is 132 Å². The molecule has 3 heterocycles. The van der Waals surface area contributed by atoms with Gasteiger partial charge in [0.1, 0.15) is 22.0 Å². The molecule has 0 fully saturated rings. The highest BCUT2D eigenvalue weighted by atomic mass is 31.2. The van der Waals surface area contributed by atoms with Gasteiger partial charge >= 0.3 is 0 Å². The largest absolute Gasteiger partial charge is 0.456 e. The van der Waals surface area contributed by atoms with Crippen molar-refractivity contribution in [2.45, 2.75) is 0 Å². The van der Waals surface area contributed by atoms with Crippen molar-refractivity contribution in [2.75, 3.05) is 0 Å². The van der Waals surface area contributed by atoms with Gasteiger partial charge in [0.25, 0.3) is 0 Å². The minimum atomic E-state index is -3.32. The molecular formula is C34H21N2O2P. The van der Waals surface area contributed by atoms with E-state index in [2.05, 4.69) is 64.6 Å². The van der Waals surface area contributed by atoms with Crippen LogP contribution in [0.1, 0.15) is 0 Å². The van der Waals surface area contributed by atoms with Crippen molar-refractivity contribution in [3.05, 3.63) is 128 Å². The van der Waals surface area contributed by atoms with E-state index in [0.717, 1.165) is 48.9 Å². The monoisotopic (exact) mass is 520 g/mol. The Morgan fingerprint density at radius 2 is 1.03 bits per heavy atom. The maximum atomic E-state index is 15.0. The molecule has 0 saturated carbocycles. The zero-order chi connectivity index (χ0) is 26.0. The van der Waals surface area contributed by atoms with Gasteiger partial charge in [-0.25, -0.2) is 0 Å². The van der Waals surface area contributed by atoms with Crippen molar-refractivity contribution < 1.29 is 8.98 Å². The fourth-order valence-electron chi connectivity index (χ4n) is 5.82. The number of nitrogens with zero attached hydrogens (tertiary/aromatic N) is 2. The molecule has 8 rings (SSSR count). The number of furan rings is 1. The van der Waals surface area contributed by atoms with Gasteiger partial charge < -0.3 is 8.98 Å². The molecule has 3 aromatic heterocycles. The molecule has 39 heavy (non-hydrogen) atoms. The Balaban J connectivity index is 1.49. The summed E-state index contributed by atoms with van der Waals surface area (Å²) in [5, 5.41) is 9.59. The third-order valence-corrected chi connectivity index (χ3v) is 10.5. The highest BCUT2D eigenvalue weighted by Crippen LogP contribution is 2.44. The van der Waals surface area contributed by atoms with Gasteiger partial charge in [0.15, 0.2) is 0 Å². The summed E-state index contributed by atoms with van der Waals surface area (Å²) in [5.41, 5.74) is 2.79. The van der Waals surface area contributed by atoms with Gasteiger partial charge in [-0.15, -0.1) is 0 Å². The first-order chi connectivity index (χ1) is 19.2.